The summed E-state index contributed by atoms with van der Waals surface area (Å²) in [5.74, 6) is -0.506. The largest absolute Gasteiger partial charge is 0.477 e. The molecule has 0 aromatic carbocycles. The fourth-order valence-corrected chi connectivity index (χ4v) is 3.51. The topological polar surface area (TPSA) is 88.4 Å². The van der Waals surface area contributed by atoms with Gasteiger partial charge in [0.25, 0.3) is 0 Å². The van der Waals surface area contributed by atoms with Crippen molar-refractivity contribution in [2.45, 2.75) is 17.9 Å². The molecule has 0 saturated heterocycles. The van der Waals surface area contributed by atoms with Crippen LogP contribution in [0, 0.1) is 0 Å². The van der Waals surface area contributed by atoms with Gasteiger partial charge in [0.1, 0.15) is 10.6 Å². The Morgan fingerprint density at radius 3 is 2.67 bits per heavy atom. The summed E-state index contributed by atoms with van der Waals surface area (Å²) in [5.41, 5.74) is -0.0621. The molecule has 0 aliphatic heterocycles. The first-order valence-corrected chi connectivity index (χ1v) is 8.06. The van der Waals surface area contributed by atoms with Crippen molar-refractivity contribution in [1.29, 1.82) is 0 Å². The lowest BCUT2D eigenvalue weighted by Crippen LogP contribution is -2.34. The number of carbonyl (C=O) groups is 1. The number of nitrogens with one attached hydrogen (secondary N) is 1. The van der Waals surface area contributed by atoms with Gasteiger partial charge in [-0.25, -0.2) is 17.9 Å². The van der Waals surface area contributed by atoms with E-state index in [0.717, 1.165) is 6.07 Å². The molecule has 1 rings (SSSR count). The average molecular weight is 292 g/mol. The number of aromatic carboxylic acids is 1. The molecule has 0 aliphatic carbocycles. The van der Waals surface area contributed by atoms with Crippen LogP contribution in [0.3, 0.4) is 0 Å². The molecule has 1 aromatic rings. The number of hydrogen-bond donors (Lipinski definition) is 2. The Labute approximate surface area is 110 Å². The highest BCUT2D eigenvalue weighted by Crippen LogP contribution is 2.14. The Balaban J connectivity index is 2.99. The van der Waals surface area contributed by atoms with Crippen LogP contribution in [0.15, 0.2) is 17.2 Å². The van der Waals surface area contributed by atoms with Crippen molar-refractivity contribution in [3.05, 3.63) is 18.0 Å². The van der Waals surface area contributed by atoms with Crippen molar-refractivity contribution in [3.8, 4) is 0 Å². The van der Waals surface area contributed by atoms with E-state index in [-0.39, 0.29) is 16.6 Å². The van der Waals surface area contributed by atoms with Crippen LogP contribution in [0.5, 0.6) is 0 Å². The van der Waals surface area contributed by atoms with E-state index >= 15 is 0 Å². The smallest absolute Gasteiger partial charge is 0.352 e. The fourth-order valence-electron chi connectivity index (χ4n) is 1.51. The van der Waals surface area contributed by atoms with Gasteiger partial charge in [-0.1, -0.05) is 0 Å². The third-order valence-electron chi connectivity index (χ3n) is 2.28. The van der Waals surface area contributed by atoms with Gasteiger partial charge in [0.05, 0.1) is 0 Å². The lowest BCUT2D eigenvalue weighted by atomic mass is 10.4. The van der Waals surface area contributed by atoms with Crippen molar-refractivity contribution < 1.29 is 18.3 Å². The molecule has 0 saturated carbocycles. The van der Waals surface area contributed by atoms with Gasteiger partial charge in [-0.2, -0.15) is 11.8 Å². The van der Waals surface area contributed by atoms with Crippen molar-refractivity contribution in [2.24, 2.45) is 7.05 Å². The Hall–Kier alpha value is -0.990. The Morgan fingerprint density at radius 1 is 1.61 bits per heavy atom. The van der Waals surface area contributed by atoms with Gasteiger partial charge in [0.2, 0.25) is 10.0 Å². The fraction of sp³-hybridized carbons (Fsp3) is 0.500. The maximum atomic E-state index is 12.0. The number of carboxylic acid groups (broad SMARTS) is 1. The molecule has 0 amide bonds. The Morgan fingerprint density at radius 2 is 2.22 bits per heavy atom. The van der Waals surface area contributed by atoms with Crippen molar-refractivity contribution >= 4 is 27.8 Å². The van der Waals surface area contributed by atoms with Gasteiger partial charge in [-0.3, -0.25) is 0 Å². The molecule has 6 nitrogen and oxygen atoms in total. The molecule has 0 spiro atoms. The van der Waals surface area contributed by atoms with Crippen LogP contribution >= 0.6 is 11.8 Å². The van der Waals surface area contributed by atoms with E-state index in [9.17, 15) is 13.2 Å². The molecule has 1 aromatic heterocycles. The average Bonchev–Trinajstić information content (AvgIpc) is 2.60. The van der Waals surface area contributed by atoms with Gasteiger partial charge in [0.15, 0.2) is 0 Å². The minimum atomic E-state index is -3.66. The standard InChI is InChI=1S/C10H16N2O4S2/c1-7(6-17-3)11-18(15,16)8-4-9(10(13)14)12(2)5-8/h4-5,7,11H,6H2,1-3H3,(H,13,14). The monoisotopic (exact) mass is 292 g/mol. The maximum absolute atomic E-state index is 12.0. The Bertz CT molecular complexity index is 536. The highest BCUT2D eigenvalue weighted by molar-refractivity contribution is 7.98. The van der Waals surface area contributed by atoms with E-state index in [1.807, 2.05) is 6.26 Å². The summed E-state index contributed by atoms with van der Waals surface area (Å²) in [4.78, 5) is 10.8. The number of rotatable bonds is 6. The molecule has 2 N–H and O–H groups in total. The zero-order valence-corrected chi connectivity index (χ0v) is 12.0. The third kappa shape index (κ3) is 3.50. The predicted molar refractivity (Wildman–Crippen MR) is 70.5 cm³/mol. The molecule has 18 heavy (non-hydrogen) atoms. The summed E-state index contributed by atoms with van der Waals surface area (Å²) in [6, 6.07) is 0.940. The van der Waals surface area contributed by atoms with Gasteiger partial charge in [-0.05, 0) is 19.2 Å². The van der Waals surface area contributed by atoms with Crippen LogP contribution in [0.25, 0.3) is 0 Å². The van der Waals surface area contributed by atoms with Crippen LogP contribution in [-0.4, -0.2) is 42.1 Å². The summed E-state index contributed by atoms with van der Waals surface area (Å²) in [5, 5.41) is 8.87. The number of aryl methyl sites for hydroxylation is 1. The summed E-state index contributed by atoms with van der Waals surface area (Å²) < 4.78 is 27.7. The van der Waals surface area contributed by atoms with Crippen LogP contribution in [0.1, 0.15) is 17.4 Å². The summed E-state index contributed by atoms with van der Waals surface area (Å²) in [7, 11) is -2.17. The van der Waals surface area contributed by atoms with Gasteiger partial charge >= 0.3 is 5.97 Å². The molecule has 0 fully saturated rings. The number of aromatic nitrogens is 1. The van der Waals surface area contributed by atoms with Crippen molar-refractivity contribution in [3.63, 3.8) is 0 Å². The molecular formula is C10H16N2O4S2. The first-order chi connectivity index (χ1) is 8.27. The number of carboxylic acids is 1. The Kier molecular flexibility index (Phi) is 4.83. The molecule has 8 heteroatoms. The molecule has 0 aliphatic rings. The number of nitrogens with zero attached hydrogens (tertiary/aromatic N) is 1. The highest BCUT2D eigenvalue weighted by atomic mass is 32.2. The van der Waals surface area contributed by atoms with Crippen molar-refractivity contribution in [1.82, 2.24) is 9.29 Å². The third-order valence-corrected chi connectivity index (χ3v) is 4.67. The van der Waals surface area contributed by atoms with Crippen LogP contribution in [0.4, 0.5) is 0 Å². The van der Waals surface area contributed by atoms with E-state index in [2.05, 4.69) is 4.72 Å². The quantitative estimate of drug-likeness (QED) is 0.808. The molecule has 0 bridgehead atoms. The zero-order chi connectivity index (χ0) is 13.9. The molecule has 1 unspecified atom stereocenters. The van der Waals surface area contributed by atoms with E-state index < -0.39 is 16.0 Å². The zero-order valence-electron chi connectivity index (χ0n) is 10.4. The summed E-state index contributed by atoms with van der Waals surface area (Å²) >= 11 is 1.53. The summed E-state index contributed by atoms with van der Waals surface area (Å²) in [6.45, 7) is 1.76. The minimum Gasteiger partial charge on any atom is -0.477 e. The van der Waals surface area contributed by atoms with E-state index in [4.69, 9.17) is 5.11 Å². The first-order valence-electron chi connectivity index (χ1n) is 5.19. The minimum absolute atomic E-state index is 0.0321. The number of hydrogen-bond acceptors (Lipinski definition) is 4. The second-order valence-electron chi connectivity index (χ2n) is 3.95. The SMILES string of the molecule is CSCC(C)NS(=O)(=O)c1cc(C(=O)O)n(C)c1. The normalized spacial score (nSPS) is 13.5. The van der Waals surface area contributed by atoms with Crippen molar-refractivity contribution in [2.75, 3.05) is 12.0 Å². The molecule has 0 radical (unpaired) electrons. The molecule has 1 atom stereocenters. The van der Waals surface area contributed by atoms with E-state index in [0.29, 0.717) is 5.75 Å². The molecule has 102 valence electrons. The van der Waals surface area contributed by atoms with E-state index in [1.54, 1.807) is 6.92 Å². The summed E-state index contributed by atoms with van der Waals surface area (Å²) in [6.07, 6.45) is 3.17. The predicted octanol–water partition coefficient (Wildman–Crippen LogP) is 0.753. The van der Waals surface area contributed by atoms with Crippen LogP contribution in [0.2, 0.25) is 0 Å². The maximum Gasteiger partial charge on any atom is 0.352 e. The lowest BCUT2D eigenvalue weighted by molar-refractivity contribution is 0.0686. The van der Waals surface area contributed by atoms with Gasteiger partial charge in [-0.15, -0.1) is 0 Å². The van der Waals surface area contributed by atoms with E-state index in [1.165, 1.54) is 29.6 Å². The second-order valence-corrected chi connectivity index (χ2v) is 6.58. The molecule has 1 heterocycles. The number of thioether (sulfide) groups is 1. The van der Waals surface area contributed by atoms with Crippen LogP contribution in [-0.2, 0) is 17.1 Å². The molecular weight excluding hydrogens is 276 g/mol. The lowest BCUT2D eigenvalue weighted by Gasteiger charge is -2.11. The van der Waals surface area contributed by atoms with Crippen LogP contribution < -0.4 is 4.72 Å². The highest BCUT2D eigenvalue weighted by Gasteiger charge is 2.21. The van der Waals surface area contributed by atoms with Gasteiger partial charge in [0, 0.05) is 25.0 Å². The van der Waals surface area contributed by atoms with Gasteiger partial charge < -0.3 is 9.67 Å². The first kappa shape index (κ1) is 15.1. The second kappa shape index (κ2) is 5.77. The number of sulfonamides is 1.